The summed E-state index contributed by atoms with van der Waals surface area (Å²) in [6, 6.07) is 7.99. The van der Waals surface area contributed by atoms with E-state index in [1.165, 1.54) is 0 Å². The molecular formula is C13H14ClNOS. The number of nitrogens with zero attached hydrogens (tertiary/aromatic N) is 1. The first kappa shape index (κ1) is 12.4. The number of rotatable bonds is 4. The van der Waals surface area contributed by atoms with Gasteiger partial charge < -0.3 is 4.74 Å². The van der Waals surface area contributed by atoms with Crippen LogP contribution in [0.1, 0.15) is 17.5 Å². The van der Waals surface area contributed by atoms with Crippen LogP contribution in [0.3, 0.4) is 0 Å². The SMILES string of the molecule is CCOc1cccc(-c2nc(C)c(CCl)s2)c1. The Bertz CT molecular complexity index is 510. The molecule has 0 aliphatic carbocycles. The molecular weight excluding hydrogens is 254 g/mol. The lowest BCUT2D eigenvalue weighted by Crippen LogP contribution is -1.91. The molecule has 0 aliphatic heterocycles. The Morgan fingerprint density at radius 2 is 2.24 bits per heavy atom. The van der Waals surface area contributed by atoms with E-state index in [1.807, 2.05) is 38.1 Å². The smallest absolute Gasteiger partial charge is 0.124 e. The average molecular weight is 268 g/mol. The molecule has 0 saturated heterocycles. The van der Waals surface area contributed by atoms with Crippen LogP contribution in [0.5, 0.6) is 5.75 Å². The van der Waals surface area contributed by atoms with Crippen molar-refractivity contribution in [3.63, 3.8) is 0 Å². The molecule has 0 atom stereocenters. The van der Waals surface area contributed by atoms with Crippen molar-refractivity contribution >= 4 is 22.9 Å². The highest BCUT2D eigenvalue weighted by molar-refractivity contribution is 7.15. The largest absolute Gasteiger partial charge is 0.494 e. The zero-order chi connectivity index (χ0) is 12.3. The van der Waals surface area contributed by atoms with Gasteiger partial charge >= 0.3 is 0 Å². The third kappa shape index (κ3) is 2.79. The molecule has 1 aromatic heterocycles. The normalized spacial score (nSPS) is 10.5. The van der Waals surface area contributed by atoms with Crippen LogP contribution in [0.4, 0.5) is 0 Å². The molecule has 0 unspecified atom stereocenters. The number of halogens is 1. The van der Waals surface area contributed by atoms with Crippen molar-refractivity contribution in [1.29, 1.82) is 0 Å². The van der Waals surface area contributed by atoms with Gasteiger partial charge in [0.1, 0.15) is 10.8 Å². The van der Waals surface area contributed by atoms with E-state index in [4.69, 9.17) is 16.3 Å². The van der Waals surface area contributed by atoms with E-state index in [9.17, 15) is 0 Å². The van der Waals surface area contributed by atoms with Crippen molar-refractivity contribution in [2.24, 2.45) is 0 Å². The fraction of sp³-hybridized carbons (Fsp3) is 0.308. The van der Waals surface area contributed by atoms with E-state index in [0.717, 1.165) is 26.9 Å². The highest BCUT2D eigenvalue weighted by atomic mass is 35.5. The van der Waals surface area contributed by atoms with E-state index in [1.54, 1.807) is 11.3 Å². The molecule has 0 aliphatic rings. The number of thiazole rings is 1. The quantitative estimate of drug-likeness (QED) is 0.773. The summed E-state index contributed by atoms with van der Waals surface area (Å²) in [6.07, 6.45) is 0. The predicted octanol–water partition coefficient (Wildman–Crippen LogP) is 4.26. The van der Waals surface area contributed by atoms with Gasteiger partial charge in [0.25, 0.3) is 0 Å². The molecule has 0 bridgehead atoms. The Balaban J connectivity index is 2.34. The van der Waals surface area contributed by atoms with Crippen LogP contribution < -0.4 is 4.74 Å². The first-order valence-electron chi connectivity index (χ1n) is 5.50. The summed E-state index contributed by atoms with van der Waals surface area (Å²) in [7, 11) is 0. The fourth-order valence-electron chi connectivity index (χ4n) is 1.56. The Morgan fingerprint density at radius 3 is 2.88 bits per heavy atom. The molecule has 1 heterocycles. The van der Waals surface area contributed by atoms with Gasteiger partial charge in [0.05, 0.1) is 18.2 Å². The van der Waals surface area contributed by atoms with Crippen LogP contribution >= 0.6 is 22.9 Å². The first-order valence-corrected chi connectivity index (χ1v) is 6.85. The molecule has 2 rings (SSSR count). The van der Waals surface area contributed by atoms with Crippen LogP contribution in [-0.2, 0) is 5.88 Å². The van der Waals surface area contributed by atoms with E-state index >= 15 is 0 Å². The van der Waals surface area contributed by atoms with Crippen molar-refractivity contribution in [1.82, 2.24) is 4.98 Å². The topological polar surface area (TPSA) is 22.1 Å². The van der Waals surface area contributed by atoms with Crippen LogP contribution in [0, 0.1) is 6.92 Å². The maximum absolute atomic E-state index is 5.86. The third-order valence-electron chi connectivity index (χ3n) is 2.41. The van der Waals surface area contributed by atoms with Gasteiger partial charge in [-0.1, -0.05) is 12.1 Å². The highest BCUT2D eigenvalue weighted by Crippen LogP contribution is 2.30. The summed E-state index contributed by atoms with van der Waals surface area (Å²) in [4.78, 5) is 5.66. The molecule has 0 radical (unpaired) electrons. The first-order chi connectivity index (χ1) is 8.24. The maximum Gasteiger partial charge on any atom is 0.124 e. The molecule has 0 saturated carbocycles. The minimum Gasteiger partial charge on any atom is -0.494 e. The van der Waals surface area contributed by atoms with Crippen LogP contribution in [0.15, 0.2) is 24.3 Å². The summed E-state index contributed by atoms with van der Waals surface area (Å²) in [6.45, 7) is 4.64. The van der Waals surface area contributed by atoms with Crippen molar-refractivity contribution < 1.29 is 4.74 Å². The maximum atomic E-state index is 5.86. The van der Waals surface area contributed by atoms with E-state index in [2.05, 4.69) is 4.98 Å². The van der Waals surface area contributed by atoms with Gasteiger partial charge in [-0.3, -0.25) is 0 Å². The van der Waals surface area contributed by atoms with E-state index < -0.39 is 0 Å². The predicted molar refractivity (Wildman–Crippen MR) is 73.0 cm³/mol. The minimum absolute atomic E-state index is 0.522. The van der Waals surface area contributed by atoms with Crippen molar-refractivity contribution in [2.75, 3.05) is 6.61 Å². The zero-order valence-electron chi connectivity index (χ0n) is 9.87. The van der Waals surface area contributed by atoms with E-state index in [0.29, 0.717) is 12.5 Å². The number of hydrogen-bond acceptors (Lipinski definition) is 3. The number of benzene rings is 1. The lowest BCUT2D eigenvalue weighted by atomic mass is 10.2. The Labute approximate surface area is 110 Å². The number of aryl methyl sites for hydroxylation is 1. The second kappa shape index (κ2) is 5.52. The second-order valence-corrected chi connectivity index (χ2v) is 4.97. The standard InChI is InChI=1S/C13H14ClNOS/c1-3-16-11-6-4-5-10(7-11)13-15-9(2)12(8-14)17-13/h4-7H,3,8H2,1-2H3. The summed E-state index contributed by atoms with van der Waals surface area (Å²) in [5.74, 6) is 1.40. The molecule has 4 heteroatoms. The Morgan fingerprint density at radius 1 is 1.41 bits per heavy atom. The summed E-state index contributed by atoms with van der Waals surface area (Å²) in [5.41, 5.74) is 2.10. The number of hydrogen-bond donors (Lipinski definition) is 0. The molecule has 0 spiro atoms. The molecule has 0 fully saturated rings. The van der Waals surface area contributed by atoms with Gasteiger partial charge in [0, 0.05) is 10.4 Å². The summed E-state index contributed by atoms with van der Waals surface area (Å²) in [5, 5.41) is 1.000. The third-order valence-corrected chi connectivity index (χ3v) is 4.04. The molecule has 17 heavy (non-hydrogen) atoms. The number of aromatic nitrogens is 1. The fourth-order valence-corrected chi connectivity index (χ4v) is 2.83. The van der Waals surface area contributed by atoms with Crippen LogP contribution in [0.25, 0.3) is 10.6 Å². The van der Waals surface area contributed by atoms with Crippen molar-refractivity contribution in [2.45, 2.75) is 19.7 Å². The Kier molecular flexibility index (Phi) is 4.02. The molecule has 90 valence electrons. The number of ether oxygens (including phenoxy) is 1. The lowest BCUT2D eigenvalue weighted by molar-refractivity contribution is 0.340. The molecule has 1 aromatic carbocycles. The molecule has 2 aromatic rings. The lowest BCUT2D eigenvalue weighted by Gasteiger charge is -2.03. The van der Waals surface area contributed by atoms with Gasteiger partial charge in [-0.05, 0) is 26.0 Å². The van der Waals surface area contributed by atoms with E-state index in [-0.39, 0.29) is 0 Å². The summed E-state index contributed by atoms with van der Waals surface area (Å²) < 4.78 is 5.48. The van der Waals surface area contributed by atoms with Crippen LogP contribution in [0.2, 0.25) is 0 Å². The highest BCUT2D eigenvalue weighted by Gasteiger charge is 2.09. The van der Waals surface area contributed by atoms with Crippen molar-refractivity contribution in [3.05, 3.63) is 34.8 Å². The molecule has 2 nitrogen and oxygen atoms in total. The molecule has 0 N–H and O–H groups in total. The minimum atomic E-state index is 0.522. The number of alkyl halides is 1. The monoisotopic (exact) mass is 267 g/mol. The van der Waals surface area contributed by atoms with Crippen molar-refractivity contribution in [3.8, 4) is 16.3 Å². The van der Waals surface area contributed by atoms with Gasteiger partial charge in [0.2, 0.25) is 0 Å². The van der Waals surface area contributed by atoms with Gasteiger partial charge in [-0.15, -0.1) is 22.9 Å². The average Bonchev–Trinajstić information content (AvgIpc) is 2.71. The van der Waals surface area contributed by atoms with Gasteiger partial charge in [0.15, 0.2) is 0 Å². The summed E-state index contributed by atoms with van der Waals surface area (Å²) >= 11 is 7.50. The van der Waals surface area contributed by atoms with Crippen LogP contribution in [-0.4, -0.2) is 11.6 Å². The van der Waals surface area contributed by atoms with Gasteiger partial charge in [-0.25, -0.2) is 4.98 Å². The Hall–Kier alpha value is -1.06. The van der Waals surface area contributed by atoms with Gasteiger partial charge in [-0.2, -0.15) is 0 Å². The second-order valence-electron chi connectivity index (χ2n) is 3.62. The zero-order valence-corrected chi connectivity index (χ0v) is 11.4. The molecule has 0 amide bonds.